The molecule has 0 bridgehead atoms. The van der Waals surface area contributed by atoms with Gasteiger partial charge in [0.25, 0.3) is 5.91 Å². The summed E-state index contributed by atoms with van der Waals surface area (Å²) < 4.78 is 0. The fourth-order valence-electron chi connectivity index (χ4n) is 2.72. The van der Waals surface area contributed by atoms with Gasteiger partial charge in [-0.05, 0) is 38.1 Å². The number of rotatable bonds is 3. The Morgan fingerprint density at radius 2 is 2.32 bits per heavy atom. The van der Waals surface area contributed by atoms with E-state index in [1.165, 1.54) is 6.42 Å². The highest BCUT2D eigenvalue weighted by Gasteiger charge is 2.20. The number of carbonyl (C=O) groups excluding carboxylic acids is 1. The molecule has 2 aromatic rings. The van der Waals surface area contributed by atoms with Crippen LogP contribution in [0.15, 0.2) is 30.3 Å². The number of hydrogen-bond acceptors (Lipinski definition) is 2. The molecule has 19 heavy (non-hydrogen) atoms. The van der Waals surface area contributed by atoms with Crippen LogP contribution >= 0.6 is 0 Å². The van der Waals surface area contributed by atoms with Gasteiger partial charge in [-0.1, -0.05) is 18.2 Å². The van der Waals surface area contributed by atoms with Gasteiger partial charge in [-0.3, -0.25) is 4.79 Å². The highest BCUT2D eigenvalue weighted by molar-refractivity contribution is 5.97. The number of para-hydroxylation sites is 1. The predicted molar refractivity (Wildman–Crippen MR) is 76.2 cm³/mol. The zero-order chi connectivity index (χ0) is 13.2. The van der Waals surface area contributed by atoms with E-state index in [2.05, 4.69) is 22.2 Å². The minimum atomic E-state index is -0.00856. The molecule has 4 heteroatoms. The van der Waals surface area contributed by atoms with Crippen LogP contribution in [0.2, 0.25) is 0 Å². The van der Waals surface area contributed by atoms with E-state index in [1.807, 2.05) is 30.3 Å². The maximum Gasteiger partial charge on any atom is 0.267 e. The maximum absolute atomic E-state index is 12.1. The van der Waals surface area contributed by atoms with Gasteiger partial charge in [-0.2, -0.15) is 0 Å². The largest absolute Gasteiger partial charge is 0.351 e. The first kappa shape index (κ1) is 12.2. The number of aromatic amines is 1. The van der Waals surface area contributed by atoms with Gasteiger partial charge in [0, 0.05) is 24.0 Å². The van der Waals surface area contributed by atoms with Crippen molar-refractivity contribution in [3.63, 3.8) is 0 Å². The van der Waals surface area contributed by atoms with Gasteiger partial charge in [0.15, 0.2) is 0 Å². The second-order valence-electron chi connectivity index (χ2n) is 5.40. The Kier molecular flexibility index (Phi) is 3.25. The normalized spacial score (nSPS) is 19.9. The maximum atomic E-state index is 12.1. The topological polar surface area (TPSA) is 48.1 Å². The number of carbonyl (C=O) groups is 1. The second kappa shape index (κ2) is 5.05. The van der Waals surface area contributed by atoms with Crippen LogP contribution in [0.4, 0.5) is 0 Å². The Labute approximate surface area is 112 Å². The first-order chi connectivity index (χ1) is 9.22. The summed E-state index contributed by atoms with van der Waals surface area (Å²) in [6.07, 6.45) is 1.17. The average Bonchev–Trinajstić information content (AvgIpc) is 3.01. The molecule has 1 aliphatic rings. The van der Waals surface area contributed by atoms with Crippen LogP contribution in [0.1, 0.15) is 16.9 Å². The van der Waals surface area contributed by atoms with Gasteiger partial charge in [0.05, 0.1) is 0 Å². The van der Waals surface area contributed by atoms with Gasteiger partial charge < -0.3 is 15.2 Å². The Morgan fingerprint density at radius 3 is 3.05 bits per heavy atom. The van der Waals surface area contributed by atoms with Gasteiger partial charge in [0.2, 0.25) is 0 Å². The van der Waals surface area contributed by atoms with E-state index in [9.17, 15) is 4.79 Å². The van der Waals surface area contributed by atoms with Crippen LogP contribution in [0.3, 0.4) is 0 Å². The summed E-state index contributed by atoms with van der Waals surface area (Å²) in [5, 5.41) is 4.10. The quantitative estimate of drug-likeness (QED) is 0.881. The van der Waals surface area contributed by atoms with Crippen molar-refractivity contribution in [1.82, 2.24) is 15.2 Å². The number of aromatic nitrogens is 1. The lowest BCUT2D eigenvalue weighted by Crippen LogP contribution is -2.30. The summed E-state index contributed by atoms with van der Waals surface area (Å²) in [6, 6.07) is 9.85. The molecule has 1 fully saturated rings. The van der Waals surface area contributed by atoms with Crippen LogP contribution in [0.25, 0.3) is 10.9 Å². The van der Waals surface area contributed by atoms with Crippen molar-refractivity contribution in [2.45, 2.75) is 6.42 Å². The number of likely N-dealkylation sites (tertiary alicyclic amines) is 1. The zero-order valence-corrected chi connectivity index (χ0v) is 11.1. The predicted octanol–water partition coefficient (Wildman–Crippen LogP) is 1.85. The van der Waals surface area contributed by atoms with Crippen molar-refractivity contribution in [1.29, 1.82) is 0 Å². The van der Waals surface area contributed by atoms with E-state index in [0.29, 0.717) is 11.6 Å². The fraction of sp³-hybridized carbons (Fsp3) is 0.400. The van der Waals surface area contributed by atoms with E-state index in [1.54, 1.807) is 0 Å². The molecule has 1 aromatic heterocycles. The van der Waals surface area contributed by atoms with Crippen molar-refractivity contribution in [2.24, 2.45) is 5.92 Å². The van der Waals surface area contributed by atoms with Crippen LogP contribution in [0.5, 0.6) is 0 Å². The van der Waals surface area contributed by atoms with Gasteiger partial charge in [0.1, 0.15) is 5.69 Å². The average molecular weight is 257 g/mol. The van der Waals surface area contributed by atoms with Crippen molar-refractivity contribution in [2.75, 3.05) is 26.7 Å². The molecule has 1 aromatic carbocycles. The molecule has 1 atom stereocenters. The van der Waals surface area contributed by atoms with E-state index < -0.39 is 0 Å². The molecule has 0 spiro atoms. The number of amides is 1. The fourth-order valence-corrected chi connectivity index (χ4v) is 2.72. The molecule has 100 valence electrons. The number of hydrogen-bond donors (Lipinski definition) is 2. The standard InChI is InChI=1S/C15H19N3O/c1-18-7-6-11(10-18)9-16-15(19)14-8-12-4-2-3-5-13(12)17-14/h2-5,8,11,17H,6-7,9-10H2,1H3,(H,16,19). The molecule has 2 N–H and O–H groups in total. The summed E-state index contributed by atoms with van der Waals surface area (Å²) in [4.78, 5) is 17.6. The number of H-pyrrole nitrogens is 1. The third-order valence-corrected chi connectivity index (χ3v) is 3.81. The third-order valence-electron chi connectivity index (χ3n) is 3.81. The van der Waals surface area contributed by atoms with Crippen molar-refractivity contribution >= 4 is 16.8 Å². The number of fused-ring (bicyclic) bond motifs is 1. The highest BCUT2D eigenvalue weighted by atomic mass is 16.1. The van der Waals surface area contributed by atoms with Gasteiger partial charge in [-0.15, -0.1) is 0 Å². The lowest BCUT2D eigenvalue weighted by Gasteiger charge is -2.11. The first-order valence-corrected chi connectivity index (χ1v) is 6.77. The molecule has 1 unspecified atom stereocenters. The zero-order valence-electron chi connectivity index (χ0n) is 11.1. The Morgan fingerprint density at radius 1 is 1.47 bits per heavy atom. The van der Waals surface area contributed by atoms with Gasteiger partial charge >= 0.3 is 0 Å². The summed E-state index contributed by atoms with van der Waals surface area (Å²) in [5.41, 5.74) is 1.65. The molecule has 4 nitrogen and oxygen atoms in total. The van der Waals surface area contributed by atoms with Crippen LogP contribution in [-0.4, -0.2) is 42.5 Å². The Hall–Kier alpha value is -1.81. The molecule has 1 aliphatic heterocycles. The lowest BCUT2D eigenvalue weighted by molar-refractivity contribution is 0.0943. The molecule has 0 saturated carbocycles. The summed E-state index contributed by atoms with van der Waals surface area (Å²) in [6.45, 7) is 2.97. The molecule has 0 radical (unpaired) electrons. The van der Waals surface area contributed by atoms with E-state index in [-0.39, 0.29) is 5.91 Å². The number of nitrogens with one attached hydrogen (secondary N) is 2. The Balaban J connectivity index is 1.63. The molecule has 3 rings (SSSR count). The molecular formula is C15H19N3O. The number of benzene rings is 1. The molecule has 0 aliphatic carbocycles. The monoisotopic (exact) mass is 257 g/mol. The van der Waals surface area contributed by atoms with Crippen LogP contribution < -0.4 is 5.32 Å². The smallest absolute Gasteiger partial charge is 0.267 e. The molecule has 2 heterocycles. The first-order valence-electron chi connectivity index (χ1n) is 6.77. The van der Waals surface area contributed by atoms with E-state index in [4.69, 9.17) is 0 Å². The third kappa shape index (κ3) is 2.63. The minimum Gasteiger partial charge on any atom is -0.351 e. The minimum absolute atomic E-state index is 0.00856. The number of nitrogens with zero attached hydrogens (tertiary/aromatic N) is 1. The summed E-state index contributed by atoms with van der Waals surface area (Å²) in [7, 11) is 2.12. The van der Waals surface area contributed by atoms with Crippen LogP contribution in [0, 0.1) is 5.92 Å². The summed E-state index contributed by atoms with van der Waals surface area (Å²) in [5.74, 6) is 0.573. The molecule has 1 saturated heterocycles. The van der Waals surface area contributed by atoms with Crippen molar-refractivity contribution in [3.8, 4) is 0 Å². The van der Waals surface area contributed by atoms with E-state index in [0.717, 1.165) is 30.5 Å². The van der Waals surface area contributed by atoms with Gasteiger partial charge in [-0.25, -0.2) is 0 Å². The molecular weight excluding hydrogens is 238 g/mol. The Bertz CT molecular complexity index is 557. The highest BCUT2D eigenvalue weighted by Crippen LogP contribution is 2.15. The van der Waals surface area contributed by atoms with Crippen LogP contribution in [-0.2, 0) is 0 Å². The second-order valence-corrected chi connectivity index (χ2v) is 5.40. The SMILES string of the molecule is CN1CCC(CNC(=O)c2cc3ccccc3[nH]2)C1. The van der Waals surface area contributed by atoms with E-state index >= 15 is 0 Å². The summed E-state index contributed by atoms with van der Waals surface area (Å²) >= 11 is 0. The van der Waals surface area contributed by atoms with Crippen molar-refractivity contribution in [3.05, 3.63) is 36.0 Å². The molecule has 1 amide bonds. The van der Waals surface area contributed by atoms with Crippen molar-refractivity contribution < 1.29 is 4.79 Å². The lowest BCUT2D eigenvalue weighted by atomic mass is 10.1.